The molecule has 0 N–H and O–H groups in total. The predicted octanol–water partition coefficient (Wildman–Crippen LogP) is 3.99. The lowest BCUT2D eigenvalue weighted by Gasteiger charge is -2.18. The number of hydrogen-bond donors (Lipinski definition) is 0. The number of likely N-dealkylation sites (N-methyl/N-ethyl adjacent to an activating group) is 1. The molecule has 0 bridgehead atoms. The van der Waals surface area contributed by atoms with Crippen LogP contribution in [0.5, 0.6) is 23.0 Å². The number of rotatable bonds is 9. The maximum atomic E-state index is 12.5. The third kappa shape index (κ3) is 5.84. The van der Waals surface area contributed by atoms with Crippen LogP contribution in [-0.2, 0) is 11.3 Å². The van der Waals surface area contributed by atoms with Crippen molar-refractivity contribution in [1.29, 1.82) is 0 Å². The Hall–Kier alpha value is -3.29. The van der Waals surface area contributed by atoms with Gasteiger partial charge in [-0.25, -0.2) is 0 Å². The highest BCUT2D eigenvalue weighted by molar-refractivity contribution is 5.91. The van der Waals surface area contributed by atoms with Gasteiger partial charge in [0.1, 0.15) is 0 Å². The molecule has 156 valence electrons. The fourth-order valence-corrected chi connectivity index (χ4v) is 2.69. The summed E-state index contributed by atoms with van der Waals surface area (Å²) in [6, 6.07) is 9.86. The summed E-state index contributed by atoms with van der Waals surface area (Å²) in [7, 11) is 6.09. The molecular weight excluding hydrogens is 384 g/mol. The molecule has 0 unspecified atom stereocenters. The normalized spacial score (nSPS) is 10.9. The number of methoxy groups -OCH3 is 3. The summed E-state index contributed by atoms with van der Waals surface area (Å²) in [6.45, 7) is -2.64. The molecule has 0 atom stereocenters. The molecule has 2 aromatic rings. The Balaban J connectivity index is 2.11. The van der Waals surface area contributed by atoms with Gasteiger partial charge in [0.15, 0.2) is 23.0 Å². The molecule has 0 aliphatic heterocycles. The molecule has 0 saturated heterocycles. The molecule has 0 saturated carbocycles. The van der Waals surface area contributed by atoms with Gasteiger partial charge < -0.3 is 23.8 Å². The van der Waals surface area contributed by atoms with Crippen molar-refractivity contribution < 1.29 is 32.5 Å². The number of alkyl halides is 2. The number of para-hydroxylation sites is 1. The summed E-state index contributed by atoms with van der Waals surface area (Å²) in [4.78, 5) is 14.0. The van der Waals surface area contributed by atoms with Crippen molar-refractivity contribution in [3.63, 3.8) is 0 Å². The molecule has 0 spiro atoms. The van der Waals surface area contributed by atoms with Gasteiger partial charge in [-0.05, 0) is 29.8 Å². The zero-order chi connectivity index (χ0) is 21.4. The molecule has 1 amide bonds. The zero-order valence-corrected chi connectivity index (χ0v) is 16.6. The SMILES string of the molecule is COc1cc(/C=C/C(=O)N(C)Cc2cccc(OC)c2OC)ccc1OC(F)F. The smallest absolute Gasteiger partial charge is 0.387 e. The molecule has 8 heteroatoms. The minimum absolute atomic E-state index is 0.0757. The molecule has 2 rings (SSSR count). The molecule has 0 aromatic heterocycles. The number of carbonyl (C=O) groups excluding carboxylic acids is 1. The van der Waals surface area contributed by atoms with E-state index in [2.05, 4.69) is 4.74 Å². The van der Waals surface area contributed by atoms with Crippen LogP contribution in [0, 0.1) is 0 Å². The Morgan fingerprint density at radius 1 is 1.03 bits per heavy atom. The third-order valence-electron chi connectivity index (χ3n) is 4.09. The fourth-order valence-electron chi connectivity index (χ4n) is 2.69. The first-order valence-electron chi connectivity index (χ1n) is 8.65. The molecule has 0 radical (unpaired) electrons. The monoisotopic (exact) mass is 407 g/mol. The van der Waals surface area contributed by atoms with Crippen LogP contribution in [0.3, 0.4) is 0 Å². The molecule has 0 fully saturated rings. The first-order chi connectivity index (χ1) is 13.9. The summed E-state index contributed by atoms with van der Waals surface area (Å²) in [5.74, 6) is 0.974. The average Bonchev–Trinajstić information content (AvgIpc) is 2.71. The second-order valence-corrected chi connectivity index (χ2v) is 5.97. The number of halogens is 2. The summed E-state index contributed by atoms with van der Waals surface area (Å²) in [6.07, 6.45) is 2.95. The van der Waals surface area contributed by atoms with E-state index in [1.165, 1.54) is 37.3 Å². The van der Waals surface area contributed by atoms with Crippen molar-refractivity contribution >= 4 is 12.0 Å². The van der Waals surface area contributed by atoms with Crippen molar-refractivity contribution in [3.05, 3.63) is 53.6 Å². The molecule has 0 heterocycles. The Morgan fingerprint density at radius 3 is 2.38 bits per heavy atom. The quantitative estimate of drug-likeness (QED) is 0.589. The number of hydrogen-bond acceptors (Lipinski definition) is 5. The number of nitrogens with zero attached hydrogens (tertiary/aromatic N) is 1. The van der Waals surface area contributed by atoms with E-state index in [1.54, 1.807) is 32.4 Å². The van der Waals surface area contributed by atoms with E-state index in [-0.39, 0.29) is 17.4 Å². The third-order valence-corrected chi connectivity index (χ3v) is 4.09. The van der Waals surface area contributed by atoms with Gasteiger partial charge in [0.25, 0.3) is 0 Å². The number of amides is 1. The van der Waals surface area contributed by atoms with E-state index >= 15 is 0 Å². The molecule has 0 aliphatic rings. The van der Waals surface area contributed by atoms with Crippen LogP contribution in [0.2, 0.25) is 0 Å². The van der Waals surface area contributed by atoms with Gasteiger partial charge in [0.2, 0.25) is 5.91 Å². The molecule has 6 nitrogen and oxygen atoms in total. The van der Waals surface area contributed by atoms with Crippen LogP contribution in [0.4, 0.5) is 8.78 Å². The minimum atomic E-state index is -2.95. The van der Waals surface area contributed by atoms with Crippen LogP contribution in [-0.4, -0.2) is 45.8 Å². The van der Waals surface area contributed by atoms with Crippen LogP contribution in [0.1, 0.15) is 11.1 Å². The van der Waals surface area contributed by atoms with Crippen molar-refractivity contribution in [2.75, 3.05) is 28.4 Å². The van der Waals surface area contributed by atoms with Gasteiger partial charge in [-0.3, -0.25) is 4.79 Å². The van der Waals surface area contributed by atoms with Gasteiger partial charge in [-0.1, -0.05) is 18.2 Å². The highest BCUT2D eigenvalue weighted by Crippen LogP contribution is 2.32. The van der Waals surface area contributed by atoms with Crippen LogP contribution in [0.15, 0.2) is 42.5 Å². The lowest BCUT2D eigenvalue weighted by Crippen LogP contribution is -2.24. The van der Waals surface area contributed by atoms with E-state index in [1.807, 2.05) is 12.1 Å². The van der Waals surface area contributed by atoms with Gasteiger partial charge in [-0.2, -0.15) is 8.78 Å². The van der Waals surface area contributed by atoms with Crippen molar-refractivity contribution in [2.24, 2.45) is 0 Å². The van der Waals surface area contributed by atoms with E-state index in [0.29, 0.717) is 23.6 Å². The number of carbonyl (C=O) groups is 1. The van der Waals surface area contributed by atoms with E-state index in [0.717, 1.165) is 5.56 Å². The molecule has 2 aromatic carbocycles. The topological polar surface area (TPSA) is 57.2 Å². The lowest BCUT2D eigenvalue weighted by atomic mass is 10.1. The Kier molecular flexibility index (Phi) is 7.82. The van der Waals surface area contributed by atoms with Crippen molar-refractivity contribution in [1.82, 2.24) is 4.90 Å². The van der Waals surface area contributed by atoms with Gasteiger partial charge >= 0.3 is 6.61 Å². The molecule has 29 heavy (non-hydrogen) atoms. The second-order valence-electron chi connectivity index (χ2n) is 5.97. The zero-order valence-electron chi connectivity index (χ0n) is 16.6. The fraction of sp³-hybridized carbons (Fsp3) is 0.286. The predicted molar refractivity (Wildman–Crippen MR) is 105 cm³/mol. The second kappa shape index (κ2) is 10.3. The number of benzene rings is 2. The van der Waals surface area contributed by atoms with E-state index in [4.69, 9.17) is 14.2 Å². The maximum absolute atomic E-state index is 12.5. The standard InChI is InChI=1S/C21H23F2NO5/c1-24(13-15-6-5-7-17(26-2)20(15)28-4)19(25)11-9-14-8-10-16(29-21(22)23)18(12-14)27-3/h5-12,21H,13H2,1-4H3/b11-9+. The summed E-state index contributed by atoms with van der Waals surface area (Å²) >= 11 is 0. The van der Waals surface area contributed by atoms with Crippen LogP contribution < -0.4 is 18.9 Å². The van der Waals surface area contributed by atoms with Gasteiger partial charge in [-0.15, -0.1) is 0 Å². The van der Waals surface area contributed by atoms with Crippen molar-refractivity contribution in [2.45, 2.75) is 13.2 Å². The molecular formula is C21H23F2NO5. The van der Waals surface area contributed by atoms with Crippen LogP contribution in [0.25, 0.3) is 6.08 Å². The lowest BCUT2D eigenvalue weighted by molar-refractivity contribution is -0.125. The average molecular weight is 407 g/mol. The Labute approximate surface area is 168 Å². The largest absolute Gasteiger partial charge is 0.493 e. The van der Waals surface area contributed by atoms with Crippen LogP contribution >= 0.6 is 0 Å². The van der Waals surface area contributed by atoms with Gasteiger partial charge in [0.05, 0.1) is 21.3 Å². The van der Waals surface area contributed by atoms with E-state index < -0.39 is 6.61 Å². The van der Waals surface area contributed by atoms with E-state index in [9.17, 15) is 13.6 Å². The van der Waals surface area contributed by atoms with Crippen molar-refractivity contribution in [3.8, 4) is 23.0 Å². The first kappa shape index (κ1) is 22.0. The Morgan fingerprint density at radius 2 is 1.76 bits per heavy atom. The highest BCUT2D eigenvalue weighted by Gasteiger charge is 2.14. The first-order valence-corrected chi connectivity index (χ1v) is 8.65. The molecule has 0 aliphatic carbocycles. The maximum Gasteiger partial charge on any atom is 0.387 e. The summed E-state index contributed by atoms with van der Waals surface area (Å²) < 4.78 is 44.9. The highest BCUT2D eigenvalue weighted by atomic mass is 19.3. The number of ether oxygens (including phenoxy) is 4. The summed E-state index contributed by atoms with van der Waals surface area (Å²) in [5, 5.41) is 0. The van der Waals surface area contributed by atoms with Gasteiger partial charge in [0, 0.05) is 25.2 Å². The Bertz CT molecular complexity index is 870. The summed E-state index contributed by atoms with van der Waals surface area (Å²) in [5.41, 5.74) is 1.40. The minimum Gasteiger partial charge on any atom is -0.493 e.